The van der Waals surface area contributed by atoms with Crippen molar-refractivity contribution in [3.8, 4) is 5.75 Å². The molecule has 5 nitrogen and oxygen atoms in total. The van der Waals surface area contributed by atoms with Crippen molar-refractivity contribution < 1.29 is 19.7 Å². The van der Waals surface area contributed by atoms with Crippen LogP contribution >= 0.6 is 0 Å². The molecule has 5 heteroatoms. The number of carbonyl (C=O) groups is 1. The molecule has 1 atom stereocenters. The number of aliphatic hydroxyl groups is 1. The topological polar surface area (TPSA) is 92.8 Å². The molecule has 0 radical (unpaired) electrons. The molecule has 1 rings (SSSR count). The Kier molecular flexibility index (Phi) is 4.75. The minimum absolute atomic E-state index is 0.0361. The predicted molar refractivity (Wildman–Crippen MR) is 58.3 cm³/mol. The predicted octanol–water partition coefficient (Wildman–Crippen LogP) is 0.0121. The average molecular weight is 225 g/mol. The number of aliphatic carboxylic acids is 1. The average Bonchev–Trinajstić information content (AvgIpc) is 2.28. The van der Waals surface area contributed by atoms with Crippen molar-refractivity contribution in [3.63, 3.8) is 0 Å². The Hall–Kier alpha value is -1.59. The second-order valence-corrected chi connectivity index (χ2v) is 3.36. The van der Waals surface area contributed by atoms with Crippen LogP contribution in [-0.2, 0) is 11.2 Å². The van der Waals surface area contributed by atoms with Crippen molar-refractivity contribution >= 4 is 5.97 Å². The van der Waals surface area contributed by atoms with E-state index in [0.717, 1.165) is 5.56 Å². The molecule has 0 aliphatic rings. The lowest BCUT2D eigenvalue weighted by atomic mass is 10.1. The molecule has 88 valence electrons. The van der Waals surface area contributed by atoms with Crippen LogP contribution in [0.5, 0.6) is 5.75 Å². The molecular formula is C11H15NO4. The molecule has 1 aromatic carbocycles. The summed E-state index contributed by atoms with van der Waals surface area (Å²) in [6.45, 7) is 0.208. The minimum Gasteiger partial charge on any atom is -0.491 e. The van der Waals surface area contributed by atoms with Crippen molar-refractivity contribution in [2.75, 3.05) is 13.2 Å². The fraction of sp³-hybridized carbons (Fsp3) is 0.364. The Balaban J connectivity index is 2.54. The Morgan fingerprint density at radius 1 is 1.38 bits per heavy atom. The van der Waals surface area contributed by atoms with Gasteiger partial charge in [-0.1, -0.05) is 12.1 Å². The maximum absolute atomic E-state index is 10.5. The molecule has 16 heavy (non-hydrogen) atoms. The van der Waals surface area contributed by atoms with Gasteiger partial charge in [0, 0.05) is 0 Å². The summed E-state index contributed by atoms with van der Waals surface area (Å²) < 4.78 is 5.17. The first kappa shape index (κ1) is 12.5. The fourth-order valence-electron chi connectivity index (χ4n) is 1.23. The molecule has 0 saturated heterocycles. The standard InChI is InChI=1S/C11H15NO4/c12-10(11(14)15)7-8-1-3-9(4-2-8)16-6-5-13/h1-4,10,13H,5-7,12H2,(H,14,15). The number of hydrogen-bond donors (Lipinski definition) is 3. The molecule has 0 amide bonds. The van der Waals surface area contributed by atoms with Gasteiger partial charge >= 0.3 is 5.97 Å². The van der Waals surface area contributed by atoms with E-state index in [9.17, 15) is 4.79 Å². The van der Waals surface area contributed by atoms with Crippen molar-refractivity contribution in [3.05, 3.63) is 29.8 Å². The molecule has 0 aliphatic carbocycles. The van der Waals surface area contributed by atoms with Gasteiger partial charge in [-0.25, -0.2) is 0 Å². The summed E-state index contributed by atoms with van der Waals surface area (Å²) in [6.07, 6.45) is 0.287. The summed E-state index contributed by atoms with van der Waals surface area (Å²) >= 11 is 0. The third kappa shape index (κ3) is 3.88. The van der Waals surface area contributed by atoms with Crippen LogP contribution in [0.4, 0.5) is 0 Å². The van der Waals surface area contributed by atoms with Crippen LogP contribution in [0, 0.1) is 0 Å². The summed E-state index contributed by atoms with van der Waals surface area (Å²) in [5, 5.41) is 17.2. The Morgan fingerprint density at radius 2 is 2.00 bits per heavy atom. The highest BCUT2D eigenvalue weighted by molar-refractivity contribution is 5.73. The van der Waals surface area contributed by atoms with Crippen LogP contribution in [0.3, 0.4) is 0 Å². The molecule has 0 bridgehead atoms. The SMILES string of the molecule is NC(Cc1ccc(OCCO)cc1)C(=O)O. The highest BCUT2D eigenvalue weighted by atomic mass is 16.5. The van der Waals surface area contributed by atoms with Gasteiger partial charge in [-0.3, -0.25) is 4.79 Å². The minimum atomic E-state index is -1.01. The van der Waals surface area contributed by atoms with Crippen molar-refractivity contribution in [2.24, 2.45) is 5.73 Å². The Bertz CT molecular complexity index is 336. The number of hydrogen-bond acceptors (Lipinski definition) is 4. The molecule has 0 fully saturated rings. The quantitative estimate of drug-likeness (QED) is 0.634. The molecule has 0 aliphatic heterocycles. The van der Waals surface area contributed by atoms with Crippen LogP contribution in [0.25, 0.3) is 0 Å². The van der Waals surface area contributed by atoms with Gasteiger partial charge in [0.15, 0.2) is 0 Å². The third-order valence-electron chi connectivity index (χ3n) is 2.06. The van der Waals surface area contributed by atoms with Gasteiger partial charge in [-0.2, -0.15) is 0 Å². The van der Waals surface area contributed by atoms with Crippen LogP contribution in [0.15, 0.2) is 24.3 Å². The maximum atomic E-state index is 10.5. The van der Waals surface area contributed by atoms with Gasteiger partial charge < -0.3 is 20.7 Å². The van der Waals surface area contributed by atoms with E-state index < -0.39 is 12.0 Å². The normalized spacial score (nSPS) is 12.1. The highest BCUT2D eigenvalue weighted by Crippen LogP contribution is 2.13. The van der Waals surface area contributed by atoms with Gasteiger partial charge in [-0.15, -0.1) is 0 Å². The van der Waals surface area contributed by atoms with E-state index in [4.69, 9.17) is 20.7 Å². The third-order valence-corrected chi connectivity index (χ3v) is 2.06. The summed E-state index contributed by atoms with van der Waals surface area (Å²) in [5.41, 5.74) is 6.24. The first-order valence-corrected chi connectivity index (χ1v) is 4.94. The zero-order valence-corrected chi connectivity index (χ0v) is 8.80. The molecular weight excluding hydrogens is 210 g/mol. The summed E-state index contributed by atoms with van der Waals surface area (Å²) in [7, 11) is 0. The zero-order chi connectivity index (χ0) is 12.0. The molecule has 4 N–H and O–H groups in total. The monoisotopic (exact) mass is 225 g/mol. The number of aliphatic hydroxyl groups excluding tert-OH is 1. The van der Waals surface area contributed by atoms with Gasteiger partial charge in [0.2, 0.25) is 0 Å². The molecule has 0 spiro atoms. The van der Waals surface area contributed by atoms with Gasteiger partial charge in [0.25, 0.3) is 0 Å². The molecule has 1 aromatic rings. The first-order chi connectivity index (χ1) is 7.63. The lowest BCUT2D eigenvalue weighted by Crippen LogP contribution is -2.32. The van der Waals surface area contributed by atoms with E-state index >= 15 is 0 Å². The number of benzene rings is 1. The van der Waals surface area contributed by atoms with E-state index in [1.54, 1.807) is 24.3 Å². The molecule has 1 unspecified atom stereocenters. The number of nitrogens with two attached hydrogens (primary N) is 1. The van der Waals surface area contributed by atoms with Crippen LogP contribution in [0.2, 0.25) is 0 Å². The van der Waals surface area contributed by atoms with E-state index in [0.29, 0.717) is 5.75 Å². The number of rotatable bonds is 6. The lowest BCUT2D eigenvalue weighted by Gasteiger charge is -2.08. The van der Waals surface area contributed by atoms with Gasteiger partial charge in [0.05, 0.1) is 6.61 Å². The molecule has 0 aromatic heterocycles. The van der Waals surface area contributed by atoms with Crippen LogP contribution in [0.1, 0.15) is 5.56 Å². The maximum Gasteiger partial charge on any atom is 0.320 e. The van der Waals surface area contributed by atoms with Crippen LogP contribution < -0.4 is 10.5 Å². The summed E-state index contributed by atoms with van der Waals surface area (Å²) in [5.74, 6) is -0.373. The number of ether oxygens (including phenoxy) is 1. The van der Waals surface area contributed by atoms with Gasteiger partial charge in [-0.05, 0) is 24.1 Å². The summed E-state index contributed by atoms with van der Waals surface area (Å²) in [4.78, 5) is 10.5. The lowest BCUT2D eigenvalue weighted by molar-refractivity contribution is -0.138. The number of carboxylic acid groups (broad SMARTS) is 1. The van der Waals surface area contributed by atoms with E-state index in [1.165, 1.54) is 0 Å². The molecule has 0 heterocycles. The zero-order valence-electron chi connectivity index (χ0n) is 8.80. The van der Waals surface area contributed by atoms with Crippen molar-refractivity contribution in [2.45, 2.75) is 12.5 Å². The fourth-order valence-corrected chi connectivity index (χ4v) is 1.23. The summed E-state index contributed by atoms with van der Waals surface area (Å²) in [6, 6.07) is 6.08. The molecule has 0 saturated carbocycles. The van der Waals surface area contributed by atoms with E-state index in [2.05, 4.69) is 0 Å². The van der Waals surface area contributed by atoms with E-state index in [-0.39, 0.29) is 19.6 Å². The van der Waals surface area contributed by atoms with Gasteiger partial charge in [0.1, 0.15) is 18.4 Å². The van der Waals surface area contributed by atoms with Crippen molar-refractivity contribution in [1.82, 2.24) is 0 Å². The first-order valence-electron chi connectivity index (χ1n) is 4.94. The van der Waals surface area contributed by atoms with Crippen molar-refractivity contribution in [1.29, 1.82) is 0 Å². The largest absolute Gasteiger partial charge is 0.491 e. The highest BCUT2D eigenvalue weighted by Gasteiger charge is 2.11. The Morgan fingerprint density at radius 3 is 2.50 bits per heavy atom. The van der Waals surface area contributed by atoms with Crippen LogP contribution in [-0.4, -0.2) is 35.4 Å². The van der Waals surface area contributed by atoms with E-state index in [1.807, 2.05) is 0 Å². The number of carboxylic acids is 1. The second kappa shape index (κ2) is 6.09. The Labute approximate surface area is 93.5 Å². The second-order valence-electron chi connectivity index (χ2n) is 3.36. The smallest absolute Gasteiger partial charge is 0.320 e.